The Hall–Kier alpha value is -3.46. The molecule has 5 rings (SSSR count). The normalized spacial score (nSPS) is 19.7. The van der Waals surface area contributed by atoms with Crippen molar-refractivity contribution in [2.24, 2.45) is 9.98 Å². The summed E-state index contributed by atoms with van der Waals surface area (Å²) in [4.78, 5) is 50.4. The Kier molecular flexibility index (Phi) is 8.22. The number of nitrogens with one attached hydrogen (secondary N) is 2. The van der Waals surface area contributed by atoms with Crippen molar-refractivity contribution in [2.75, 3.05) is 0 Å². The predicted molar refractivity (Wildman–Crippen MR) is 150 cm³/mol. The van der Waals surface area contributed by atoms with E-state index in [0.29, 0.717) is 29.7 Å². The fourth-order valence-electron chi connectivity index (χ4n) is 5.05. The number of amides is 3. The van der Waals surface area contributed by atoms with E-state index in [-0.39, 0.29) is 35.4 Å². The number of hydrogen-bond donors (Lipinski definition) is 2. The van der Waals surface area contributed by atoms with Gasteiger partial charge in [0, 0.05) is 18.2 Å². The van der Waals surface area contributed by atoms with Crippen LogP contribution < -0.4 is 10.6 Å². The summed E-state index contributed by atoms with van der Waals surface area (Å²) in [6, 6.07) is 16.5. The topological polar surface area (TPSA) is 103 Å². The Balaban J connectivity index is 1.31. The first-order chi connectivity index (χ1) is 18.5. The van der Waals surface area contributed by atoms with Crippen molar-refractivity contribution in [1.82, 2.24) is 15.5 Å². The van der Waals surface area contributed by atoms with Crippen molar-refractivity contribution in [3.05, 3.63) is 65.7 Å². The molecule has 3 amide bonds. The van der Waals surface area contributed by atoms with Crippen molar-refractivity contribution in [2.45, 2.75) is 75.7 Å². The second-order valence-electron chi connectivity index (χ2n) is 9.88. The third kappa shape index (κ3) is 5.83. The highest BCUT2D eigenvalue weighted by molar-refractivity contribution is 8.15. The van der Waals surface area contributed by atoms with E-state index in [2.05, 4.69) is 15.6 Å². The minimum atomic E-state index is -0.839. The summed E-state index contributed by atoms with van der Waals surface area (Å²) >= 11 is 1.30. The van der Waals surface area contributed by atoms with Crippen LogP contribution in [0.5, 0.6) is 0 Å². The monoisotopic (exact) mass is 531 g/mol. The Morgan fingerprint density at radius 2 is 1.79 bits per heavy atom. The van der Waals surface area contributed by atoms with Crippen LogP contribution in [0, 0.1) is 0 Å². The highest BCUT2D eigenvalue weighted by Gasteiger charge is 2.43. The summed E-state index contributed by atoms with van der Waals surface area (Å²) < 4.78 is 0. The first-order valence-corrected chi connectivity index (χ1v) is 14.3. The number of aliphatic imine (C=N–C) groups is 2. The fourth-order valence-corrected chi connectivity index (χ4v) is 6.08. The van der Waals surface area contributed by atoms with E-state index in [1.54, 1.807) is 0 Å². The maximum atomic E-state index is 13.6. The molecule has 2 atom stereocenters. The Bertz CT molecular complexity index is 1260. The van der Waals surface area contributed by atoms with Crippen LogP contribution in [-0.4, -0.2) is 51.0 Å². The molecule has 0 radical (unpaired) electrons. The second kappa shape index (κ2) is 11.9. The molecule has 2 heterocycles. The largest absolute Gasteiger partial charge is 0.352 e. The first-order valence-electron chi connectivity index (χ1n) is 13.4. The van der Waals surface area contributed by atoms with E-state index >= 15 is 0 Å². The lowest BCUT2D eigenvalue weighted by molar-refractivity contribution is -0.128. The lowest BCUT2D eigenvalue weighted by Crippen LogP contribution is -2.45. The fraction of sp³-hybridized carbons (Fsp3) is 0.414. The zero-order valence-electron chi connectivity index (χ0n) is 21.6. The molecule has 3 aliphatic rings. The van der Waals surface area contributed by atoms with Crippen molar-refractivity contribution < 1.29 is 14.4 Å². The smallest absolute Gasteiger partial charge is 0.259 e. The molecular formula is C29H33N5O3S. The molecule has 0 saturated heterocycles. The van der Waals surface area contributed by atoms with Gasteiger partial charge in [-0.2, -0.15) is 0 Å². The van der Waals surface area contributed by atoms with E-state index in [9.17, 15) is 14.4 Å². The van der Waals surface area contributed by atoms with Crippen molar-refractivity contribution >= 4 is 46.2 Å². The minimum absolute atomic E-state index is 0.0204. The molecular weight excluding hydrogens is 498 g/mol. The third-order valence-electron chi connectivity index (χ3n) is 7.12. The van der Waals surface area contributed by atoms with Gasteiger partial charge in [-0.15, -0.1) is 0 Å². The molecule has 2 unspecified atom stereocenters. The maximum absolute atomic E-state index is 13.6. The van der Waals surface area contributed by atoms with Crippen molar-refractivity contribution in [3.63, 3.8) is 0 Å². The Morgan fingerprint density at radius 3 is 2.55 bits per heavy atom. The molecule has 0 spiro atoms. The standard InChI is InChI=1S/C29H33N5O3S/c1-2-24(27(36)31-20-13-7-4-8-14-20)38-29-33-22-16-10-9-15-21(22)26-32-23(28(37)34(26)29)17-25(35)30-18-19-11-5-3-6-12-19/h3,5-6,9-12,15-16,20,23-24H,2,4,7-8,13-14,17-18H2,1H3,(H,30,35)(H,31,36). The van der Waals surface area contributed by atoms with Gasteiger partial charge in [-0.05, 0) is 37.0 Å². The number of amidine groups is 2. The molecule has 0 bridgehead atoms. The van der Waals surface area contributed by atoms with Gasteiger partial charge in [0.15, 0.2) is 5.17 Å². The van der Waals surface area contributed by atoms with Gasteiger partial charge in [-0.25, -0.2) is 9.89 Å². The lowest BCUT2D eigenvalue weighted by atomic mass is 9.95. The van der Waals surface area contributed by atoms with Crippen LogP contribution in [0.1, 0.15) is 63.0 Å². The average molecular weight is 532 g/mol. The minimum Gasteiger partial charge on any atom is -0.352 e. The Morgan fingerprint density at radius 1 is 1.05 bits per heavy atom. The second-order valence-corrected chi connectivity index (χ2v) is 11.0. The number of hydrogen-bond acceptors (Lipinski definition) is 6. The first kappa shape index (κ1) is 26.2. The summed E-state index contributed by atoms with van der Waals surface area (Å²) in [5, 5.41) is 6.15. The van der Waals surface area contributed by atoms with E-state index in [1.807, 2.05) is 61.5 Å². The molecule has 1 fully saturated rings. The number of carbonyl (C=O) groups excluding carboxylic acids is 3. The molecule has 8 nitrogen and oxygen atoms in total. The van der Waals surface area contributed by atoms with Gasteiger partial charge in [-0.3, -0.25) is 19.4 Å². The van der Waals surface area contributed by atoms with Crippen molar-refractivity contribution in [1.29, 1.82) is 0 Å². The Labute approximate surface area is 227 Å². The lowest BCUT2D eigenvalue weighted by Gasteiger charge is -2.29. The van der Waals surface area contributed by atoms with Crippen LogP contribution in [0.15, 0.2) is 64.6 Å². The number of fused-ring (bicyclic) bond motifs is 3. The number of carbonyl (C=O) groups is 3. The van der Waals surface area contributed by atoms with Crippen molar-refractivity contribution in [3.8, 4) is 0 Å². The van der Waals surface area contributed by atoms with E-state index in [1.165, 1.54) is 23.1 Å². The van der Waals surface area contributed by atoms with Crippen LogP contribution in [0.25, 0.3) is 0 Å². The van der Waals surface area contributed by atoms with Gasteiger partial charge in [0.1, 0.15) is 11.9 Å². The average Bonchev–Trinajstić information content (AvgIpc) is 3.27. The molecule has 1 saturated carbocycles. The molecule has 2 aliphatic heterocycles. The number of rotatable bonds is 8. The van der Waals surface area contributed by atoms with Crippen LogP contribution in [-0.2, 0) is 20.9 Å². The van der Waals surface area contributed by atoms with Crippen LogP contribution in [0.4, 0.5) is 5.69 Å². The van der Waals surface area contributed by atoms with Crippen LogP contribution in [0.2, 0.25) is 0 Å². The quantitative estimate of drug-likeness (QED) is 0.530. The molecule has 2 aromatic carbocycles. The maximum Gasteiger partial charge on any atom is 0.259 e. The SMILES string of the molecule is CCC(SC1=Nc2ccccc2C2=NC(CC(=O)NCc3ccccc3)C(=O)N12)C(=O)NC1CCCCC1. The van der Waals surface area contributed by atoms with E-state index < -0.39 is 6.04 Å². The highest BCUT2D eigenvalue weighted by atomic mass is 32.2. The zero-order chi connectivity index (χ0) is 26.5. The summed E-state index contributed by atoms with van der Waals surface area (Å²) in [6.07, 6.45) is 6.07. The van der Waals surface area contributed by atoms with Crippen LogP contribution >= 0.6 is 11.8 Å². The summed E-state index contributed by atoms with van der Waals surface area (Å²) in [5.41, 5.74) is 2.44. The summed E-state index contributed by atoms with van der Waals surface area (Å²) in [6.45, 7) is 2.36. The molecule has 9 heteroatoms. The van der Waals surface area contributed by atoms with Gasteiger partial charge in [0.05, 0.1) is 17.4 Å². The van der Waals surface area contributed by atoms with Gasteiger partial charge >= 0.3 is 0 Å². The third-order valence-corrected chi connectivity index (χ3v) is 8.44. The number of thioether (sulfide) groups is 1. The summed E-state index contributed by atoms with van der Waals surface area (Å²) in [5.74, 6) is -0.0632. The van der Waals surface area contributed by atoms with E-state index in [0.717, 1.165) is 36.8 Å². The molecule has 198 valence electrons. The van der Waals surface area contributed by atoms with Gasteiger partial charge in [0.2, 0.25) is 11.8 Å². The predicted octanol–water partition coefficient (Wildman–Crippen LogP) is 4.31. The van der Waals surface area contributed by atoms with Gasteiger partial charge in [-0.1, -0.05) is 80.4 Å². The van der Waals surface area contributed by atoms with Crippen LogP contribution in [0.3, 0.4) is 0 Å². The molecule has 1 aliphatic carbocycles. The summed E-state index contributed by atoms with van der Waals surface area (Å²) in [7, 11) is 0. The number of para-hydroxylation sites is 1. The molecule has 0 aromatic heterocycles. The van der Waals surface area contributed by atoms with E-state index in [4.69, 9.17) is 4.99 Å². The number of nitrogens with zero attached hydrogens (tertiary/aromatic N) is 3. The molecule has 2 aromatic rings. The molecule has 38 heavy (non-hydrogen) atoms. The highest BCUT2D eigenvalue weighted by Crippen LogP contribution is 2.35. The zero-order valence-corrected chi connectivity index (χ0v) is 22.4. The van der Waals surface area contributed by atoms with Gasteiger partial charge < -0.3 is 10.6 Å². The van der Waals surface area contributed by atoms with Gasteiger partial charge in [0.25, 0.3) is 5.91 Å². The molecule has 2 N–H and O–H groups in total. The number of benzene rings is 2.